The maximum Gasteiger partial charge on any atom is 0.0404 e. The lowest BCUT2D eigenvalue weighted by atomic mass is 10.1. The number of hydrogen-bond donors (Lipinski definition) is 1. The predicted molar refractivity (Wildman–Crippen MR) is 55.6 cm³/mol. The Morgan fingerprint density at radius 3 is 2.92 bits per heavy atom. The number of rotatable bonds is 4. The third-order valence-electron chi connectivity index (χ3n) is 2.22. The van der Waals surface area contributed by atoms with Crippen LogP contribution in [-0.4, -0.2) is 11.0 Å². The number of nitrogens with two attached hydrogens (primary N) is 1. The molecule has 2 heteroatoms. The van der Waals surface area contributed by atoms with Crippen molar-refractivity contribution in [2.75, 3.05) is 0 Å². The summed E-state index contributed by atoms with van der Waals surface area (Å²) >= 11 is 0. The van der Waals surface area contributed by atoms with Crippen molar-refractivity contribution < 1.29 is 0 Å². The molecule has 0 saturated heterocycles. The van der Waals surface area contributed by atoms with Crippen molar-refractivity contribution in [1.29, 1.82) is 0 Å². The van der Waals surface area contributed by atoms with Crippen molar-refractivity contribution in [1.82, 2.24) is 4.98 Å². The Morgan fingerprint density at radius 1 is 1.54 bits per heavy atom. The minimum absolute atomic E-state index is 0.317. The van der Waals surface area contributed by atoms with Gasteiger partial charge in [-0.15, -0.1) is 0 Å². The third-order valence-corrected chi connectivity index (χ3v) is 2.22. The van der Waals surface area contributed by atoms with E-state index in [4.69, 9.17) is 5.73 Å². The monoisotopic (exact) mass is 178 g/mol. The van der Waals surface area contributed by atoms with Gasteiger partial charge in [0.2, 0.25) is 0 Å². The Hall–Kier alpha value is -0.890. The number of pyridine rings is 1. The molecule has 1 aromatic rings. The predicted octanol–water partition coefficient (Wildman–Crippen LogP) is 2.06. The normalized spacial score (nSPS) is 12.8. The maximum atomic E-state index is 5.68. The van der Waals surface area contributed by atoms with Crippen LogP contribution < -0.4 is 5.73 Å². The van der Waals surface area contributed by atoms with Gasteiger partial charge in [0.15, 0.2) is 0 Å². The first-order chi connectivity index (χ1) is 6.20. The summed E-state index contributed by atoms with van der Waals surface area (Å²) in [5.41, 5.74) is 8.17. The molecule has 2 nitrogen and oxygen atoms in total. The molecule has 0 aliphatic rings. The molecular formula is C11H18N2. The molecule has 1 rings (SSSR count). The number of hydrogen-bond acceptors (Lipinski definition) is 2. The van der Waals surface area contributed by atoms with Crippen molar-refractivity contribution in [2.24, 2.45) is 5.73 Å². The Morgan fingerprint density at radius 2 is 2.31 bits per heavy atom. The summed E-state index contributed by atoms with van der Waals surface area (Å²) in [5, 5.41) is 0. The third kappa shape index (κ3) is 3.55. The molecule has 1 atom stereocenters. The molecule has 0 aliphatic carbocycles. The Balaban J connectivity index is 2.41. The molecule has 0 saturated carbocycles. The molecule has 1 heterocycles. The van der Waals surface area contributed by atoms with Crippen molar-refractivity contribution in [3.05, 3.63) is 29.6 Å². The Labute approximate surface area is 80.2 Å². The average molecular weight is 178 g/mol. The van der Waals surface area contributed by atoms with Gasteiger partial charge in [0.1, 0.15) is 0 Å². The molecule has 1 aromatic heterocycles. The van der Waals surface area contributed by atoms with E-state index >= 15 is 0 Å². The van der Waals surface area contributed by atoms with Crippen molar-refractivity contribution in [3.63, 3.8) is 0 Å². The largest absolute Gasteiger partial charge is 0.328 e. The molecule has 0 unspecified atom stereocenters. The van der Waals surface area contributed by atoms with Gasteiger partial charge in [0.05, 0.1) is 0 Å². The van der Waals surface area contributed by atoms with Crippen LogP contribution in [0.15, 0.2) is 18.3 Å². The van der Waals surface area contributed by atoms with Gasteiger partial charge in [0, 0.05) is 17.9 Å². The lowest BCUT2D eigenvalue weighted by Gasteiger charge is -2.06. The first kappa shape index (κ1) is 10.2. The molecule has 0 radical (unpaired) electrons. The van der Waals surface area contributed by atoms with Crippen LogP contribution in [0.5, 0.6) is 0 Å². The van der Waals surface area contributed by atoms with Gasteiger partial charge in [-0.2, -0.15) is 0 Å². The first-order valence-corrected chi connectivity index (χ1v) is 4.86. The highest BCUT2D eigenvalue weighted by Gasteiger charge is 1.99. The van der Waals surface area contributed by atoms with Gasteiger partial charge < -0.3 is 5.73 Å². The lowest BCUT2D eigenvalue weighted by Crippen LogP contribution is -2.14. The highest BCUT2D eigenvalue weighted by molar-refractivity contribution is 5.18. The number of aromatic nitrogens is 1. The van der Waals surface area contributed by atoms with E-state index in [0.29, 0.717) is 6.04 Å². The fourth-order valence-corrected chi connectivity index (χ4v) is 1.40. The second kappa shape index (κ2) is 4.97. The molecule has 72 valence electrons. The fraction of sp³-hybridized carbons (Fsp3) is 0.545. The van der Waals surface area contributed by atoms with Crippen LogP contribution >= 0.6 is 0 Å². The second-order valence-corrected chi connectivity index (χ2v) is 3.62. The molecule has 0 fully saturated rings. The fourth-order valence-electron chi connectivity index (χ4n) is 1.40. The van der Waals surface area contributed by atoms with Gasteiger partial charge in [-0.25, -0.2) is 0 Å². The SMILES string of the molecule is Cc1ncccc1CCC[C@@H](C)N. The average Bonchev–Trinajstić information content (AvgIpc) is 2.08. The number of nitrogens with zero attached hydrogens (tertiary/aromatic N) is 1. The van der Waals surface area contributed by atoms with Crippen LogP contribution in [0.4, 0.5) is 0 Å². The van der Waals surface area contributed by atoms with Crippen LogP contribution in [0.25, 0.3) is 0 Å². The van der Waals surface area contributed by atoms with Crippen LogP contribution in [0.2, 0.25) is 0 Å². The van der Waals surface area contributed by atoms with Crippen LogP contribution in [0.1, 0.15) is 31.0 Å². The van der Waals surface area contributed by atoms with Gasteiger partial charge in [-0.05, 0) is 44.7 Å². The molecule has 2 N–H and O–H groups in total. The Kier molecular flexibility index (Phi) is 3.90. The van der Waals surface area contributed by atoms with E-state index in [1.165, 1.54) is 5.56 Å². The van der Waals surface area contributed by atoms with E-state index in [1.54, 1.807) is 0 Å². The van der Waals surface area contributed by atoms with Crippen LogP contribution in [0, 0.1) is 6.92 Å². The van der Waals surface area contributed by atoms with Crippen LogP contribution in [-0.2, 0) is 6.42 Å². The molecule has 0 amide bonds. The zero-order chi connectivity index (χ0) is 9.68. The standard InChI is InChI=1S/C11H18N2/c1-9(12)5-3-6-11-7-4-8-13-10(11)2/h4,7-9H,3,5-6,12H2,1-2H3/t9-/m1/s1. The van der Waals surface area contributed by atoms with E-state index in [-0.39, 0.29) is 0 Å². The topological polar surface area (TPSA) is 38.9 Å². The minimum Gasteiger partial charge on any atom is -0.328 e. The summed E-state index contributed by atoms with van der Waals surface area (Å²) in [5.74, 6) is 0. The van der Waals surface area contributed by atoms with E-state index < -0.39 is 0 Å². The smallest absolute Gasteiger partial charge is 0.0404 e. The van der Waals surface area contributed by atoms with E-state index in [2.05, 4.69) is 24.9 Å². The first-order valence-electron chi connectivity index (χ1n) is 4.86. The summed E-state index contributed by atoms with van der Waals surface area (Å²) in [6.07, 6.45) is 5.18. The summed E-state index contributed by atoms with van der Waals surface area (Å²) in [7, 11) is 0. The zero-order valence-electron chi connectivity index (χ0n) is 8.46. The molecule has 0 aliphatic heterocycles. The van der Waals surface area contributed by atoms with E-state index in [9.17, 15) is 0 Å². The van der Waals surface area contributed by atoms with E-state index in [1.807, 2.05) is 12.3 Å². The summed E-state index contributed by atoms with van der Waals surface area (Å²) in [6, 6.07) is 4.45. The van der Waals surface area contributed by atoms with Crippen molar-refractivity contribution >= 4 is 0 Å². The van der Waals surface area contributed by atoms with Gasteiger partial charge in [-0.3, -0.25) is 4.98 Å². The molecule has 0 aromatic carbocycles. The maximum absolute atomic E-state index is 5.68. The van der Waals surface area contributed by atoms with E-state index in [0.717, 1.165) is 25.0 Å². The number of aryl methyl sites for hydroxylation is 2. The summed E-state index contributed by atoms with van der Waals surface area (Å²) in [4.78, 5) is 4.25. The molecular weight excluding hydrogens is 160 g/mol. The van der Waals surface area contributed by atoms with Gasteiger partial charge >= 0.3 is 0 Å². The van der Waals surface area contributed by atoms with Gasteiger partial charge in [0.25, 0.3) is 0 Å². The lowest BCUT2D eigenvalue weighted by molar-refractivity contribution is 0.622. The highest BCUT2D eigenvalue weighted by atomic mass is 14.7. The van der Waals surface area contributed by atoms with Gasteiger partial charge in [-0.1, -0.05) is 6.07 Å². The summed E-state index contributed by atoms with van der Waals surface area (Å²) in [6.45, 7) is 4.11. The van der Waals surface area contributed by atoms with Crippen molar-refractivity contribution in [3.8, 4) is 0 Å². The highest BCUT2D eigenvalue weighted by Crippen LogP contribution is 2.08. The zero-order valence-corrected chi connectivity index (χ0v) is 8.46. The molecule has 0 spiro atoms. The second-order valence-electron chi connectivity index (χ2n) is 3.62. The quantitative estimate of drug-likeness (QED) is 0.766. The Bertz CT molecular complexity index is 256. The molecule has 13 heavy (non-hydrogen) atoms. The summed E-state index contributed by atoms with van der Waals surface area (Å²) < 4.78 is 0. The van der Waals surface area contributed by atoms with Crippen molar-refractivity contribution in [2.45, 2.75) is 39.2 Å². The molecule has 0 bridgehead atoms. The minimum atomic E-state index is 0.317. The van der Waals surface area contributed by atoms with Crippen LogP contribution in [0.3, 0.4) is 0 Å².